The zero-order valence-corrected chi connectivity index (χ0v) is 24.5. The van der Waals surface area contributed by atoms with E-state index in [0.717, 1.165) is 10.9 Å². The number of hydrogen-bond donors (Lipinski definition) is 8. The summed E-state index contributed by atoms with van der Waals surface area (Å²) in [7, 11) is -4.83. The number of rotatable bonds is 11. The molecule has 0 saturated carbocycles. The third-order valence-corrected chi connectivity index (χ3v) is 7.24. The van der Waals surface area contributed by atoms with E-state index in [1.54, 1.807) is 20.0 Å². The number of aromatic nitrogens is 1. The number of aliphatic hydroxyl groups excluding tert-OH is 3. The minimum absolute atomic E-state index is 0. The van der Waals surface area contributed by atoms with E-state index in [4.69, 9.17) is 9.26 Å². The number of carbonyl (C=O) groups is 2. The molecule has 8 atom stereocenters. The van der Waals surface area contributed by atoms with E-state index >= 15 is 0 Å². The summed E-state index contributed by atoms with van der Waals surface area (Å²) in [6, 6.07) is 4.63. The number of para-hydroxylation sites is 1. The minimum atomic E-state index is -4.83. The van der Waals surface area contributed by atoms with Crippen molar-refractivity contribution < 1.29 is 48.7 Å². The van der Waals surface area contributed by atoms with Crippen molar-refractivity contribution in [3.63, 3.8) is 0 Å². The van der Waals surface area contributed by atoms with Gasteiger partial charge < -0.3 is 40.4 Å². The van der Waals surface area contributed by atoms with Crippen molar-refractivity contribution in [3.05, 3.63) is 36.0 Å². The summed E-state index contributed by atoms with van der Waals surface area (Å²) >= 11 is 0. The minimum Gasteiger partial charge on any atom is -0.480 e. The first-order chi connectivity index (χ1) is 17.3. The Morgan fingerprint density at radius 3 is 2.42 bits per heavy atom. The molecule has 3 rings (SSSR count). The molecule has 1 aromatic heterocycles. The average Bonchev–Trinajstić information content (AvgIpc) is 3.22. The smallest absolute Gasteiger partial charge is 0.406 e. The number of amides is 1. The van der Waals surface area contributed by atoms with Gasteiger partial charge in [0.15, 0.2) is 6.29 Å². The Balaban J connectivity index is 0.00000507. The molecule has 13 nitrogen and oxygen atoms in total. The van der Waals surface area contributed by atoms with Crippen LogP contribution in [0.25, 0.3) is 10.9 Å². The molecule has 1 fully saturated rings. The molecule has 0 bridgehead atoms. The van der Waals surface area contributed by atoms with Crippen LogP contribution in [0, 0.1) is 5.92 Å². The van der Waals surface area contributed by atoms with Crippen LogP contribution >= 0.6 is 7.75 Å². The Morgan fingerprint density at radius 1 is 1.13 bits per heavy atom. The number of hydrogen-bond acceptors (Lipinski definition) is 8. The normalized spacial score (nSPS) is 26.8. The van der Waals surface area contributed by atoms with Crippen LogP contribution in [-0.2, 0) is 29.8 Å². The Labute approximate surface area is 241 Å². The van der Waals surface area contributed by atoms with Crippen molar-refractivity contribution in [1.29, 1.82) is 0 Å². The van der Waals surface area contributed by atoms with Gasteiger partial charge in [0.05, 0.1) is 12.1 Å². The van der Waals surface area contributed by atoms with E-state index in [2.05, 4.69) is 15.4 Å². The van der Waals surface area contributed by atoms with Gasteiger partial charge in [-0.3, -0.25) is 9.32 Å². The van der Waals surface area contributed by atoms with Crippen LogP contribution in [-0.4, -0.2) is 115 Å². The SMILES string of the molecule is CC(C)CC(NP(=O)(O)OC1OC(C)C(O)C(O)C1O)C(=O)NC(Cc1c[nH]c2ccccc12)C(=O)O.[Na]. The van der Waals surface area contributed by atoms with Crippen molar-refractivity contribution >= 4 is 60.1 Å². The quantitative estimate of drug-likeness (QED) is 0.132. The summed E-state index contributed by atoms with van der Waals surface area (Å²) in [6.07, 6.45) is -6.08. The van der Waals surface area contributed by atoms with Gasteiger partial charge in [-0.25, -0.2) is 14.4 Å². The largest absolute Gasteiger partial charge is 0.480 e. The number of aliphatic carboxylic acids is 1. The Hall–Kier alpha value is -1.35. The molecular weight excluding hydrogens is 532 g/mol. The molecule has 0 spiro atoms. The molecule has 8 N–H and O–H groups in total. The van der Waals surface area contributed by atoms with Gasteiger partial charge in [-0.2, -0.15) is 0 Å². The van der Waals surface area contributed by atoms with Crippen molar-refractivity contribution in [2.45, 2.75) is 76.4 Å². The van der Waals surface area contributed by atoms with Gasteiger partial charge in [-0.15, -0.1) is 0 Å². The van der Waals surface area contributed by atoms with Gasteiger partial charge in [-0.05, 0) is 30.9 Å². The third kappa shape index (κ3) is 8.33. The molecule has 1 aromatic carbocycles. The van der Waals surface area contributed by atoms with Crippen molar-refractivity contribution in [1.82, 2.24) is 15.4 Å². The molecule has 2 aromatic rings. The van der Waals surface area contributed by atoms with E-state index < -0.39 is 62.4 Å². The fourth-order valence-electron chi connectivity index (χ4n) is 4.15. The second kappa shape index (κ2) is 13.8. The molecule has 1 aliphatic heterocycles. The molecule has 1 saturated heterocycles. The number of fused-ring (bicyclic) bond motifs is 1. The standard InChI is InChI=1S/C23H34N3O10P.Na/c1-11(2)8-16(26-37(33,34)36-23-20(29)19(28)18(27)12(3)35-23)21(30)25-17(22(31)32)9-13-10-24-15-7-5-4-6-14(13)15;/h4-7,10-12,16-20,23-24,27-29H,8-9H2,1-3H3,(H,25,30)(H,31,32)(H2,26,33,34);. The summed E-state index contributed by atoms with van der Waals surface area (Å²) < 4.78 is 23.0. The predicted molar refractivity (Wildman–Crippen MR) is 137 cm³/mol. The first-order valence-electron chi connectivity index (χ1n) is 11.9. The maximum absolute atomic E-state index is 13.1. The Bertz CT molecular complexity index is 1150. The molecule has 2 heterocycles. The summed E-state index contributed by atoms with van der Waals surface area (Å²) in [5, 5.41) is 45.0. The van der Waals surface area contributed by atoms with Crippen molar-refractivity contribution in [3.8, 4) is 0 Å². The van der Waals surface area contributed by atoms with Gasteiger partial charge in [0.25, 0.3) is 0 Å². The number of carboxylic acid groups (broad SMARTS) is 1. The molecule has 0 aliphatic carbocycles. The van der Waals surface area contributed by atoms with E-state index in [1.165, 1.54) is 6.92 Å². The van der Waals surface area contributed by atoms with Crippen LogP contribution in [0.1, 0.15) is 32.8 Å². The summed E-state index contributed by atoms with van der Waals surface area (Å²) in [5.41, 5.74) is 1.48. The average molecular weight is 567 g/mol. The number of nitrogens with one attached hydrogen (secondary N) is 3. The molecule has 8 unspecified atom stereocenters. The number of carboxylic acids is 1. The number of aromatic amines is 1. The number of benzene rings is 1. The van der Waals surface area contributed by atoms with Crippen LogP contribution in [0.3, 0.4) is 0 Å². The summed E-state index contributed by atoms with van der Waals surface area (Å²) in [6.45, 7) is 4.90. The Kier molecular flexibility index (Phi) is 12.0. The van der Waals surface area contributed by atoms with Crippen molar-refractivity contribution in [2.24, 2.45) is 5.92 Å². The fraction of sp³-hybridized carbons (Fsp3) is 0.565. The molecule has 1 amide bonds. The van der Waals surface area contributed by atoms with Gasteiger partial charge in [0.1, 0.15) is 24.4 Å². The van der Waals surface area contributed by atoms with Crippen molar-refractivity contribution in [2.75, 3.05) is 0 Å². The summed E-state index contributed by atoms with van der Waals surface area (Å²) in [4.78, 5) is 38.5. The van der Waals surface area contributed by atoms with Crippen LogP contribution in [0.5, 0.6) is 0 Å². The zero-order chi connectivity index (χ0) is 27.5. The van der Waals surface area contributed by atoms with E-state index in [-0.39, 0.29) is 48.3 Å². The molecular formula is C23H34N3NaO10P. The number of H-pyrrole nitrogens is 1. The number of ether oxygens (including phenoxy) is 1. The van der Waals surface area contributed by atoms with Gasteiger partial charge in [-0.1, -0.05) is 32.0 Å². The zero-order valence-electron chi connectivity index (χ0n) is 21.6. The van der Waals surface area contributed by atoms with Gasteiger partial charge >= 0.3 is 13.7 Å². The predicted octanol–water partition coefficient (Wildman–Crippen LogP) is -0.152. The van der Waals surface area contributed by atoms with Gasteiger partial charge in [0, 0.05) is 53.1 Å². The second-order valence-corrected chi connectivity index (χ2v) is 11.1. The maximum atomic E-state index is 13.1. The van der Waals surface area contributed by atoms with E-state index in [1.807, 2.05) is 24.3 Å². The second-order valence-electron chi connectivity index (χ2n) is 9.58. The first kappa shape index (κ1) is 32.9. The molecule has 1 radical (unpaired) electrons. The number of carbonyl (C=O) groups excluding carboxylic acids is 1. The van der Waals surface area contributed by atoms with E-state index in [0.29, 0.717) is 5.56 Å². The van der Waals surface area contributed by atoms with Crippen LogP contribution < -0.4 is 10.4 Å². The third-order valence-electron chi connectivity index (χ3n) is 6.11. The molecule has 207 valence electrons. The monoisotopic (exact) mass is 566 g/mol. The number of aliphatic hydroxyl groups is 3. The van der Waals surface area contributed by atoms with E-state index in [9.17, 15) is 39.5 Å². The molecule has 38 heavy (non-hydrogen) atoms. The van der Waals surface area contributed by atoms with Gasteiger partial charge in [0.2, 0.25) is 5.91 Å². The first-order valence-corrected chi connectivity index (χ1v) is 13.4. The topological polar surface area (TPSA) is 211 Å². The van der Waals surface area contributed by atoms with Crippen LogP contribution in [0.4, 0.5) is 0 Å². The Morgan fingerprint density at radius 2 is 1.79 bits per heavy atom. The van der Waals surface area contributed by atoms with Crippen LogP contribution in [0.2, 0.25) is 0 Å². The fourth-order valence-corrected chi connectivity index (χ4v) is 5.28. The molecule has 15 heteroatoms. The summed E-state index contributed by atoms with van der Waals surface area (Å²) in [5.74, 6) is -2.27. The maximum Gasteiger partial charge on any atom is 0.406 e. The molecule has 1 aliphatic rings. The van der Waals surface area contributed by atoms with Crippen LogP contribution in [0.15, 0.2) is 30.5 Å².